The van der Waals surface area contributed by atoms with Crippen molar-refractivity contribution in [1.82, 2.24) is 24.9 Å². The van der Waals surface area contributed by atoms with Crippen LogP contribution >= 0.6 is 0 Å². The van der Waals surface area contributed by atoms with E-state index in [0.29, 0.717) is 29.2 Å². The number of aromatic nitrogens is 5. The number of imidazole rings is 1. The van der Waals surface area contributed by atoms with Gasteiger partial charge < -0.3 is 14.3 Å². The van der Waals surface area contributed by atoms with E-state index in [-0.39, 0.29) is 5.95 Å². The van der Waals surface area contributed by atoms with E-state index < -0.39 is 17.8 Å². The Bertz CT molecular complexity index is 1080. The average Bonchev–Trinajstić information content (AvgIpc) is 3.34. The summed E-state index contributed by atoms with van der Waals surface area (Å²) in [6.07, 6.45) is -1.39. The van der Waals surface area contributed by atoms with E-state index in [1.807, 2.05) is 18.2 Å². The molecule has 1 N–H and O–H groups in total. The molecule has 1 aliphatic heterocycles. The lowest BCUT2D eigenvalue weighted by Gasteiger charge is -2.22. The summed E-state index contributed by atoms with van der Waals surface area (Å²) in [7, 11) is 0. The number of nitrogens with one attached hydrogen (secondary N) is 1. The zero-order chi connectivity index (χ0) is 18.6. The van der Waals surface area contributed by atoms with E-state index in [9.17, 15) is 13.2 Å². The Balaban J connectivity index is 1.58. The van der Waals surface area contributed by atoms with Crippen molar-refractivity contribution in [2.45, 2.75) is 18.8 Å². The summed E-state index contributed by atoms with van der Waals surface area (Å²) in [4.78, 5) is 21.4. The summed E-state index contributed by atoms with van der Waals surface area (Å²) < 4.78 is 44.2. The highest BCUT2D eigenvalue weighted by Crippen LogP contribution is 2.39. The minimum Gasteiger partial charge on any atom is -0.438 e. The largest absolute Gasteiger partial charge is 0.438 e. The average molecular weight is 372 g/mol. The van der Waals surface area contributed by atoms with Gasteiger partial charge in [-0.1, -0.05) is 12.1 Å². The molecule has 0 bridgehead atoms. The Kier molecular flexibility index (Phi) is 3.24. The van der Waals surface area contributed by atoms with Crippen LogP contribution in [0.2, 0.25) is 0 Å². The molecular formula is C17H11F3N6O. The second-order valence-corrected chi connectivity index (χ2v) is 6.09. The summed E-state index contributed by atoms with van der Waals surface area (Å²) in [5.74, 6) is 0.521. The second kappa shape index (κ2) is 5.53. The smallest absolute Gasteiger partial charge is 0.419 e. The molecule has 7 nitrogen and oxygen atoms in total. The van der Waals surface area contributed by atoms with Crippen molar-refractivity contribution in [3.05, 3.63) is 65.8 Å². The minimum absolute atomic E-state index is 0.140. The number of nitrogens with zero attached hydrogens (tertiary/aromatic N) is 5. The van der Waals surface area contributed by atoms with Crippen LogP contribution < -0.4 is 4.90 Å². The van der Waals surface area contributed by atoms with Gasteiger partial charge in [-0.2, -0.15) is 13.2 Å². The number of rotatable bonds is 2. The molecule has 0 spiro atoms. The van der Waals surface area contributed by atoms with Gasteiger partial charge in [0.25, 0.3) is 0 Å². The predicted octanol–water partition coefficient (Wildman–Crippen LogP) is 3.47. The van der Waals surface area contributed by atoms with E-state index in [0.717, 1.165) is 18.1 Å². The fourth-order valence-corrected chi connectivity index (χ4v) is 3.16. The summed E-state index contributed by atoms with van der Waals surface area (Å²) in [5, 5.41) is 0. The first-order valence-corrected chi connectivity index (χ1v) is 8.04. The predicted molar refractivity (Wildman–Crippen MR) is 87.7 cm³/mol. The first kappa shape index (κ1) is 15.8. The lowest BCUT2D eigenvalue weighted by molar-refractivity contribution is -0.138. The van der Waals surface area contributed by atoms with Gasteiger partial charge in [-0.3, -0.25) is 0 Å². The van der Waals surface area contributed by atoms with Gasteiger partial charge in [-0.25, -0.2) is 19.9 Å². The number of benzene rings is 1. The number of hydrogen-bond donors (Lipinski definition) is 1. The van der Waals surface area contributed by atoms with Crippen molar-refractivity contribution in [2.24, 2.45) is 0 Å². The number of H-pyrrole nitrogens is 1. The van der Waals surface area contributed by atoms with Crippen LogP contribution in [0.1, 0.15) is 28.9 Å². The highest BCUT2D eigenvalue weighted by atomic mass is 19.4. The van der Waals surface area contributed by atoms with Crippen molar-refractivity contribution in [3.63, 3.8) is 0 Å². The zero-order valence-corrected chi connectivity index (χ0v) is 13.6. The van der Waals surface area contributed by atoms with Crippen molar-refractivity contribution < 1.29 is 17.6 Å². The van der Waals surface area contributed by atoms with Crippen molar-refractivity contribution >= 4 is 17.0 Å². The van der Waals surface area contributed by atoms with Gasteiger partial charge in [0.2, 0.25) is 11.8 Å². The number of alkyl halides is 3. The van der Waals surface area contributed by atoms with E-state index >= 15 is 0 Å². The molecule has 0 saturated heterocycles. The van der Waals surface area contributed by atoms with Gasteiger partial charge >= 0.3 is 6.18 Å². The monoisotopic (exact) mass is 372 g/mol. The van der Waals surface area contributed by atoms with Crippen LogP contribution in [0.3, 0.4) is 0 Å². The fraction of sp³-hybridized carbons (Fsp3) is 0.176. The summed E-state index contributed by atoms with van der Waals surface area (Å²) in [5.41, 5.74) is 1.89. The summed E-state index contributed by atoms with van der Waals surface area (Å²) >= 11 is 0. The SMILES string of the molecule is FC(F)(F)c1cnc(N2Cc3[nH]cnc3[C@@H]2c2nc3ccccc3o2)nc1. The number of aromatic amines is 1. The van der Waals surface area contributed by atoms with Crippen LogP contribution in [0, 0.1) is 0 Å². The molecule has 27 heavy (non-hydrogen) atoms. The molecule has 4 aromatic rings. The van der Waals surface area contributed by atoms with Gasteiger partial charge in [-0.15, -0.1) is 0 Å². The Hall–Kier alpha value is -3.43. The number of fused-ring (bicyclic) bond motifs is 2. The molecule has 1 aliphatic rings. The van der Waals surface area contributed by atoms with E-state index in [1.54, 1.807) is 17.3 Å². The fourth-order valence-electron chi connectivity index (χ4n) is 3.16. The quantitative estimate of drug-likeness (QED) is 0.580. The normalized spacial score (nSPS) is 16.9. The van der Waals surface area contributed by atoms with E-state index in [4.69, 9.17) is 4.42 Å². The van der Waals surface area contributed by atoms with E-state index in [1.165, 1.54) is 0 Å². The molecule has 1 aromatic carbocycles. The lowest BCUT2D eigenvalue weighted by Crippen LogP contribution is -2.25. The molecule has 0 aliphatic carbocycles. The third-order valence-electron chi connectivity index (χ3n) is 4.42. The molecule has 0 radical (unpaired) electrons. The van der Waals surface area contributed by atoms with Gasteiger partial charge in [0.1, 0.15) is 5.52 Å². The van der Waals surface area contributed by atoms with Crippen molar-refractivity contribution in [2.75, 3.05) is 4.90 Å². The highest BCUT2D eigenvalue weighted by molar-refractivity contribution is 5.72. The number of anilines is 1. The second-order valence-electron chi connectivity index (χ2n) is 6.09. The zero-order valence-electron chi connectivity index (χ0n) is 13.6. The molecule has 4 heterocycles. The minimum atomic E-state index is -4.49. The summed E-state index contributed by atoms with van der Waals surface area (Å²) in [6, 6.07) is 6.77. The Morgan fingerprint density at radius 3 is 2.63 bits per heavy atom. The van der Waals surface area contributed by atoms with Crippen LogP contribution in [0.25, 0.3) is 11.1 Å². The number of oxazole rings is 1. The number of para-hydroxylation sites is 2. The first-order valence-electron chi connectivity index (χ1n) is 8.04. The van der Waals surface area contributed by atoms with Gasteiger partial charge in [0.05, 0.1) is 29.8 Å². The first-order chi connectivity index (χ1) is 13.0. The molecule has 0 fully saturated rings. The highest BCUT2D eigenvalue weighted by Gasteiger charge is 2.39. The molecule has 136 valence electrons. The maximum atomic E-state index is 12.8. The number of halogens is 3. The molecule has 10 heteroatoms. The van der Waals surface area contributed by atoms with Crippen molar-refractivity contribution in [1.29, 1.82) is 0 Å². The Morgan fingerprint density at radius 1 is 1.11 bits per heavy atom. The van der Waals surface area contributed by atoms with Crippen LogP contribution in [0.4, 0.5) is 19.1 Å². The van der Waals surface area contributed by atoms with Crippen LogP contribution in [0.5, 0.6) is 0 Å². The molecule has 0 saturated carbocycles. The third kappa shape index (κ3) is 2.52. The standard InChI is InChI=1S/C17H11F3N6O/c18-17(19,20)9-5-21-16(22-6-9)26-7-11-13(24-8-23-11)14(26)15-25-10-3-1-2-4-12(10)27-15/h1-6,8,14H,7H2,(H,23,24)/t14-/m1/s1. The summed E-state index contributed by atoms with van der Waals surface area (Å²) in [6.45, 7) is 0.351. The lowest BCUT2D eigenvalue weighted by atomic mass is 10.2. The van der Waals surface area contributed by atoms with Crippen molar-refractivity contribution in [3.8, 4) is 0 Å². The maximum Gasteiger partial charge on any atom is 0.419 e. The Morgan fingerprint density at radius 2 is 1.89 bits per heavy atom. The molecule has 0 amide bonds. The van der Waals surface area contributed by atoms with Gasteiger partial charge in [0, 0.05) is 12.4 Å². The number of hydrogen-bond acceptors (Lipinski definition) is 6. The van der Waals surface area contributed by atoms with Gasteiger partial charge in [0.15, 0.2) is 11.6 Å². The molecular weight excluding hydrogens is 361 g/mol. The van der Waals surface area contributed by atoms with Crippen LogP contribution in [-0.2, 0) is 12.7 Å². The maximum absolute atomic E-state index is 12.8. The molecule has 1 atom stereocenters. The van der Waals surface area contributed by atoms with E-state index in [2.05, 4.69) is 24.9 Å². The van der Waals surface area contributed by atoms with Crippen LogP contribution in [0.15, 0.2) is 47.4 Å². The molecule has 5 rings (SSSR count). The molecule has 3 aromatic heterocycles. The topological polar surface area (TPSA) is 83.7 Å². The van der Waals surface area contributed by atoms with Gasteiger partial charge in [-0.05, 0) is 12.1 Å². The molecule has 0 unspecified atom stereocenters. The van der Waals surface area contributed by atoms with Crippen LogP contribution in [-0.4, -0.2) is 24.9 Å². The third-order valence-corrected chi connectivity index (χ3v) is 4.42. The Labute approximate surface area is 149 Å².